The van der Waals surface area contributed by atoms with Gasteiger partial charge in [0.05, 0.1) is 11.4 Å². The quantitative estimate of drug-likeness (QED) is 0.771. The van der Waals surface area contributed by atoms with E-state index in [0.717, 1.165) is 19.4 Å². The second-order valence-corrected chi connectivity index (χ2v) is 4.22. The number of amides is 1. The van der Waals surface area contributed by atoms with Crippen LogP contribution in [0.25, 0.3) is 0 Å². The molecule has 1 aromatic heterocycles. The molecular formula is C11H13BrN2O. The highest BCUT2D eigenvalue weighted by Crippen LogP contribution is 2.31. The molecule has 1 aliphatic heterocycles. The van der Waals surface area contributed by atoms with Crippen molar-refractivity contribution in [3.05, 3.63) is 30.1 Å². The fourth-order valence-electron chi connectivity index (χ4n) is 2.07. The third-order valence-electron chi connectivity index (χ3n) is 2.78. The Balaban J connectivity index is 2.18. The number of carbonyl (C=O) groups excluding carboxylic acids is 1. The lowest BCUT2D eigenvalue weighted by Gasteiger charge is -2.24. The number of pyridine rings is 1. The van der Waals surface area contributed by atoms with Gasteiger partial charge in [0.25, 0.3) is 0 Å². The predicted molar refractivity (Wildman–Crippen MR) is 61.7 cm³/mol. The highest BCUT2D eigenvalue weighted by Gasteiger charge is 2.28. The van der Waals surface area contributed by atoms with Gasteiger partial charge in [-0.15, -0.1) is 0 Å². The Morgan fingerprint density at radius 2 is 2.27 bits per heavy atom. The molecule has 1 unspecified atom stereocenters. The monoisotopic (exact) mass is 268 g/mol. The van der Waals surface area contributed by atoms with E-state index in [2.05, 4.69) is 20.9 Å². The average Bonchev–Trinajstić information content (AvgIpc) is 2.78. The van der Waals surface area contributed by atoms with Gasteiger partial charge in [0.15, 0.2) is 0 Å². The maximum atomic E-state index is 11.7. The fourth-order valence-corrected chi connectivity index (χ4v) is 2.40. The van der Waals surface area contributed by atoms with E-state index in [0.29, 0.717) is 5.33 Å². The van der Waals surface area contributed by atoms with Crippen molar-refractivity contribution in [1.29, 1.82) is 0 Å². The first-order chi connectivity index (χ1) is 7.33. The van der Waals surface area contributed by atoms with E-state index < -0.39 is 0 Å². The van der Waals surface area contributed by atoms with Crippen molar-refractivity contribution in [2.45, 2.75) is 18.9 Å². The number of hydrogen-bond donors (Lipinski definition) is 0. The van der Waals surface area contributed by atoms with Gasteiger partial charge in [0, 0.05) is 18.9 Å². The summed E-state index contributed by atoms with van der Waals surface area (Å²) in [5, 5.41) is 0.411. The first kappa shape index (κ1) is 10.6. The van der Waals surface area contributed by atoms with Crippen molar-refractivity contribution < 1.29 is 4.79 Å². The summed E-state index contributed by atoms with van der Waals surface area (Å²) >= 11 is 3.22. The number of hydrogen-bond acceptors (Lipinski definition) is 2. The van der Waals surface area contributed by atoms with Crippen molar-refractivity contribution >= 4 is 21.8 Å². The first-order valence-electron chi connectivity index (χ1n) is 5.08. The van der Waals surface area contributed by atoms with E-state index in [1.165, 1.54) is 5.56 Å². The lowest BCUT2D eigenvalue weighted by atomic mass is 10.1. The minimum absolute atomic E-state index is 0.175. The zero-order valence-electron chi connectivity index (χ0n) is 8.40. The molecule has 1 amide bonds. The van der Waals surface area contributed by atoms with Gasteiger partial charge >= 0.3 is 0 Å². The molecule has 1 atom stereocenters. The summed E-state index contributed by atoms with van der Waals surface area (Å²) in [6.45, 7) is 0.872. The van der Waals surface area contributed by atoms with Crippen LogP contribution < -0.4 is 0 Å². The van der Waals surface area contributed by atoms with E-state index in [-0.39, 0.29) is 11.9 Å². The van der Waals surface area contributed by atoms with E-state index in [4.69, 9.17) is 0 Å². The molecule has 15 heavy (non-hydrogen) atoms. The molecule has 2 rings (SSSR count). The summed E-state index contributed by atoms with van der Waals surface area (Å²) in [5.41, 5.74) is 1.19. The standard InChI is InChI=1S/C11H13BrN2O/c12-8-11(15)14-7-1-2-10(14)9-3-5-13-6-4-9/h3-6,10H,1-2,7-8H2. The highest BCUT2D eigenvalue weighted by molar-refractivity contribution is 9.09. The van der Waals surface area contributed by atoms with Gasteiger partial charge in [-0.25, -0.2) is 0 Å². The van der Waals surface area contributed by atoms with Crippen molar-refractivity contribution in [2.75, 3.05) is 11.9 Å². The second-order valence-electron chi connectivity index (χ2n) is 3.66. The first-order valence-corrected chi connectivity index (χ1v) is 6.20. The molecule has 0 spiro atoms. The molecule has 1 fully saturated rings. The molecule has 0 aliphatic carbocycles. The van der Waals surface area contributed by atoms with Crippen LogP contribution in [0.4, 0.5) is 0 Å². The van der Waals surface area contributed by atoms with Crippen LogP contribution in [0.2, 0.25) is 0 Å². The molecule has 0 radical (unpaired) electrons. The van der Waals surface area contributed by atoms with Gasteiger partial charge in [-0.05, 0) is 30.5 Å². The number of likely N-dealkylation sites (tertiary alicyclic amines) is 1. The third-order valence-corrected chi connectivity index (χ3v) is 3.26. The van der Waals surface area contributed by atoms with Gasteiger partial charge in [0.2, 0.25) is 5.91 Å². The predicted octanol–water partition coefficient (Wildman–Crippen LogP) is 2.14. The van der Waals surface area contributed by atoms with Crippen LogP contribution in [0, 0.1) is 0 Å². The number of alkyl halides is 1. The highest BCUT2D eigenvalue weighted by atomic mass is 79.9. The van der Waals surface area contributed by atoms with Gasteiger partial charge < -0.3 is 4.90 Å². The zero-order valence-corrected chi connectivity index (χ0v) is 9.98. The minimum atomic E-state index is 0.175. The molecule has 0 bridgehead atoms. The van der Waals surface area contributed by atoms with Crippen LogP contribution in [0.3, 0.4) is 0 Å². The van der Waals surface area contributed by atoms with Crippen LogP contribution in [0.15, 0.2) is 24.5 Å². The molecule has 1 saturated heterocycles. The SMILES string of the molecule is O=C(CBr)N1CCCC1c1ccncc1. The number of aromatic nitrogens is 1. The molecule has 3 nitrogen and oxygen atoms in total. The molecule has 1 aromatic rings. The van der Waals surface area contributed by atoms with E-state index in [1.807, 2.05) is 17.0 Å². The number of rotatable bonds is 2. The Bertz CT molecular complexity index is 342. The summed E-state index contributed by atoms with van der Waals surface area (Å²) in [5.74, 6) is 0.175. The van der Waals surface area contributed by atoms with E-state index in [1.54, 1.807) is 12.4 Å². The molecule has 2 heterocycles. The van der Waals surface area contributed by atoms with Crippen molar-refractivity contribution in [2.24, 2.45) is 0 Å². The summed E-state index contributed by atoms with van der Waals surface area (Å²) in [7, 11) is 0. The number of carbonyl (C=O) groups is 1. The Labute approximate surface area is 97.6 Å². The maximum Gasteiger partial charge on any atom is 0.233 e. The molecule has 80 valence electrons. The normalized spacial score (nSPS) is 20.6. The fraction of sp³-hybridized carbons (Fsp3) is 0.455. The van der Waals surface area contributed by atoms with Gasteiger partial charge in [0.1, 0.15) is 0 Å². The van der Waals surface area contributed by atoms with Gasteiger partial charge in [-0.3, -0.25) is 9.78 Å². The van der Waals surface area contributed by atoms with Crippen molar-refractivity contribution in [1.82, 2.24) is 9.88 Å². The van der Waals surface area contributed by atoms with Crippen LogP contribution >= 0.6 is 15.9 Å². The maximum absolute atomic E-state index is 11.7. The molecule has 0 saturated carbocycles. The molecule has 0 aromatic carbocycles. The van der Waals surface area contributed by atoms with Crippen molar-refractivity contribution in [3.63, 3.8) is 0 Å². The zero-order chi connectivity index (χ0) is 10.7. The van der Waals surface area contributed by atoms with Crippen LogP contribution in [-0.4, -0.2) is 27.7 Å². The minimum Gasteiger partial charge on any atom is -0.335 e. The second kappa shape index (κ2) is 4.75. The Hall–Kier alpha value is -0.900. The van der Waals surface area contributed by atoms with E-state index >= 15 is 0 Å². The van der Waals surface area contributed by atoms with E-state index in [9.17, 15) is 4.79 Å². The third kappa shape index (κ3) is 2.20. The Morgan fingerprint density at radius 1 is 1.53 bits per heavy atom. The lowest BCUT2D eigenvalue weighted by Crippen LogP contribution is -2.31. The summed E-state index contributed by atoms with van der Waals surface area (Å²) in [6, 6.07) is 4.23. The molecular weight excluding hydrogens is 256 g/mol. The van der Waals surface area contributed by atoms with Crippen LogP contribution in [0.5, 0.6) is 0 Å². The summed E-state index contributed by atoms with van der Waals surface area (Å²) in [4.78, 5) is 17.6. The Morgan fingerprint density at radius 3 is 2.93 bits per heavy atom. The summed E-state index contributed by atoms with van der Waals surface area (Å²) in [6.07, 6.45) is 5.71. The smallest absolute Gasteiger partial charge is 0.233 e. The summed E-state index contributed by atoms with van der Waals surface area (Å²) < 4.78 is 0. The topological polar surface area (TPSA) is 33.2 Å². The molecule has 1 aliphatic rings. The molecule has 4 heteroatoms. The van der Waals surface area contributed by atoms with Crippen LogP contribution in [0.1, 0.15) is 24.4 Å². The lowest BCUT2D eigenvalue weighted by molar-refractivity contribution is -0.129. The number of nitrogens with zero attached hydrogens (tertiary/aromatic N) is 2. The Kier molecular flexibility index (Phi) is 3.36. The largest absolute Gasteiger partial charge is 0.335 e. The molecule has 0 N–H and O–H groups in total. The van der Waals surface area contributed by atoms with Crippen molar-refractivity contribution in [3.8, 4) is 0 Å². The number of halogens is 1. The van der Waals surface area contributed by atoms with Gasteiger partial charge in [-0.2, -0.15) is 0 Å². The average molecular weight is 269 g/mol. The van der Waals surface area contributed by atoms with Crippen LogP contribution in [-0.2, 0) is 4.79 Å². The van der Waals surface area contributed by atoms with Gasteiger partial charge in [-0.1, -0.05) is 15.9 Å².